The van der Waals surface area contributed by atoms with E-state index < -0.39 is 17.0 Å². The van der Waals surface area contributed by atoms with Gasteiger partial charge in [-0.15, -0.1) is 0 Å². The summed E-state index contributed by atoms with van der Waals surface area (Å²) in [5.74, 6) is -0.0434. The van der Waals surface area contributed by atoms with Crippen LogP contribution in [0.15, 0.2) is 48.5 Å². The Morgan fingerprint density at radius 3 is 2.57 bits per heavy atom. The molecule has 1 saturated carbocycles. The van der Waals surface area contributed by atoms with Crippen LogP contribution in [-0.2, 0) is 27.2 Å². The smallest absolute Gasteiger partial charge is 0.323 e. The molecule has 8 nitrogen and oxygen atoms in total. The molecule has 0 saturated heterocycles. The monoisotopic (exact) mass is 507 g/mol. The van der Waals surface area contributed by atoms with Gasteiger partial charge in [-0.1, -0.05) is 62.4 Å². The minimum atomic E-state index is -0.622. The third-order valence-corrected chi connectivity index (χ3v) is 7.70. The van der Waals surface area contributed by atoms with Crippen molar-refractivity contribution in [2.24, 2.45) is 11.8 Å². The highest BCUT2D eigenvalue weighted by Gasteiger charge is 2.36. The number of carbonyl (C=O) groups is 2. The van der Waals surface area contributed by atoms with Crippen LogP contribution in [-0.4, -0.2) is 35.5 Å². The predicted molar refractivity (Wildman–Crippen MR) is 142 cm³/mol. The van der Waals surface area contributed by atoms with Crippen LogP contribution >= 0.6 is 0 Å². The van der Waals surface area contributed by atoms with Gasteiger partial charge >= 0.3 is 5.97 Å². The SMILES string of the molecule is CCOC(=O)[C@H](CCC1CCCCC1)NC1C(=O)Nc2ccccc2CC1Cc1ccc([N+](=O)[O-])cc1. The van der Waals surface area contributed by atoms with Gasteiger partial charge in [0.15, 0.2) is 0 Å². The zero-order valence-corrected chi connectivity index (χ0v) is 21.5. The molecular weight excluding hydrogens is 470 g/mol. The molecule has 198 valence electrons. The van der Waals surface area contributed by atoms with E-state index in [9.17, 15) is 19.7 Å². The van der Waals surface area contributed by atoms with E-state index in [0.29, 0.717) is 25.2 Å². The van der Waals surface area contributed by atoms with E-state index in [-0.39, 0.29) is 30.1 Å². The third-order valence-electron chi connectivity index (χ3n) is 7.70. The van der Waals surface area contributed by atoms with Crippen LogP contribution in [0.1, 0.15) is 63.0 Å². The number of fused-ring (bicyclic) bond motifs is 1. The zero-order valence-electron chi connectivity index (χ0n) is 21.5. The molecule has 0 spiro atoms. The first-order valence-electron chi connectivity index (χ1n) is 13.5. The minimum absolute atomic E-state index is 0.0347. The summed E-state index contributed by atoms with van der Waals surface area (Å²) in [5.41, 5.74) is 2.75. The third kappa shape index (κ3) is 7.16. The molecule has 1 fully saturated rings. The maximum atomic E-state index is 13.5. The second kappa shape index (κ2) is 12.8. The standard InChI is InChI=1S/C29H37N3O5/c1-2-37-29(34)26(17-14-20-8-4-3-5-9-20)30-27-23(18-21-12-15-24(16-13-21)32(35)36)19-22-10-6-7-11-25(22)31-28(27)33/h6-7,10-13,15-16,20,23,26-27,30H,2-5,8-9,14,17-19H2,1H3,(H,31,33)/t23?,26-,27?/m0/s1. The molecule has 1 aliphatic heterocycles. The Morgan fingerprint density at radius 1 is 1.14 bits per heavy atom. The second-order valence-corrected chi connectivity index (χ2v) is 10.3. The average Bonchev–Trinajstić information content (AvgIpc) is 3.03. The Hall–Kier alpha value is -3.26. The summed E-state index contributed by atoms with van der Waals surface area (Å²) in [5, 5.41) is 17.6. The van der Waals surface area contributed by atoms with Crippen molar-refractivity contribution in [2.75, 3.05) is 11.9 Å². The number of anilines is 1. The highest BCUT2D eigenvalue weighted by Crippen LogP contribution is 2.30. The van der Waals surface area contributed by atoms with Crippen molar-refractivity contribution in [3.8, 4) is 0 Å². The number of nitrogens with one attached hydrogen (secondary N) is 2. The molecule has 1 heterocycles. The fourth-order valence-corrected chi connectivity index (χ4v) is 5.71. The Kier molecular flexibility index (Phi) is 9.28. The molecule has 2 unspecified atom stereocenters. The Balaban J connectivity index is 1.57. The van der Waals surface area contributed by atoms with Gasteiger partial charge in [0, 0.05) is 17.8 Å². The first-order valence-corrected chi connectivity index (χ1v) is 13.5. The van der Waals surface area contributed by atoms with Crippen molar-refractivity contribution < 1.29 is 19.2 Å². The number of rotatable bonds is 10. The number of non-ortho nitro benzene ring substituents is 1. The van der Waals surface area contributed by atoms with Gasteiger partial charge in [-0.25, -0.2) is 0 Å². The van der Waals surface area contributed by atoms with Crippen LogP contribution in [0.3, 0.4) is 0 Å². The maximum absolute atomic E-state index is 13.5. The molecule has 2 aromatic rings. The van der Waals surface area contributed by atoms with Gasteiger partial charge in [-0.05, 0) is 61.6 Å². The van der Waals surface area contributed by atoms with Crippen LogP contribution in [0.4, 0.5) is 11.4 Å². The van der Waals surface area contributed by atoms with E-state index in [2.05, 4.69) is 10.6 Å². The molecule has 8 heteroatoms. The van der Waals surface area contributed by atoms with Gasteiger partial charge in [0.25, 0.3) is 5.69 Å². The number of carbonyl (C=O) groups excluding carboxylic acids is 2. The maximum Gasteiger partial charge on any atom is 0.323 e. The number of nitro benzene ring substituents is 1. The Morgan fingerprint density at radius 2 is 1.86 bits per heavy atom. The summed E-state index contributed by atoms with van der Waals surface area (Å²) in [4.78, 5) is 37.2. The first kappa shape index (κ1) is 26.8. The summed E-state index contributed by atoms with van der Waals surface area (Å²) in [6, 6.07) is 13.0. The van der Waals surface area contributed by atoms with Gasteiger partial charge < -0.3 is 10.1 Å². The summed E-state index contributed by atoms with van der Waals surface area (Å²) < 4.78 is 5.41. The summed E-state index contributed by atoms with van der Waals surface area (Å²) in [7, 11) is 0. The van der Waals surface area contributed by atoms with Crippen LogP contribution < -0.4 is 10.6 Å². The number of benzene rings is 2. The van der Waals surface area contributed by atoms with Crippen LogP contribution in [0.5, 0.6) is 0 Å². The number of para-hydroxylation sites is 1. The molecular formula is C29H37N3O5. The minimum Gasteiger partial charge on any atom is -0.465 e. The quantitative estimate of drug-likeness (QED) is 0.260. The Bertz CT molecular complexity index is 1080. The fraction of sp³-hybridized carbons (Fsp3) is 0.517. The van der Waals surface area contributed by atoms with Crippen LogP contribution in [0, 0.1) is 22.0 Å². The van der Waals surface area contributed by atoms with Crippen molar-refractivity contribution in [3.05, 3.63) is 69.8 Å². The number of esters is 1. The topological polar surface area (TPSA) is 111 Å². The Labute approximate surface area is 218 Å². The molecule has 4 rings (SSSR count). The van der Waals surface area contributed by atoms with Gasteiger partial charge in [0.1, 0.15) is 6.04 Å². The molecule has 2 N–H and O–H groups in total. The highest BCUT2D eigenvalue weighted by atomic mass is 16.6. The summed E-state index contributed by atoms with van der Waals surface area (Å²) in [6.45, 7) is 2.08. The molecule has 3 atom stereocenters. The number of nitrogens with zero attached hydrogens (tertiary/aromatic N) is 1. The largest absolute Gasteiger partial charge is 0.465 e. The van der Waals surface area contributed by atoms with E-state index >= 15 is 0 Å². The zero-order chi connectivity index (χ0) is 26.2. The number of ether oxygens (including phenoxy) is 1. The lowest BCUT2D eigenvalue weighted by Crippen LogP contribution is -2.53. The van der Waals surface area contributed by atoms with Gasteiger partial charge in [-0.2, -0.15) is 0 Å². The van der Waals surface area contributed by atoms with Crippen molar-refractivity contribution in [3.63, 3.8) is 0 Å². The molecule has 2 aromatic carbocycles. The van der Waals surface area contributed by atoms with Gasteiger partial charge in [0.2, 0.25) is 5.91 Å². The van der Waals surface area contributed by atoms with E-state index in [1.165, 1.54) is 44.2 Å². The second-order valence-electron chi connectivity index (χ2n) is 10.3. The van der Waals surface area contributed by atoms with E-state index in [1.54, 1.807) is 19.1 Å². The van der Waals surface area contributed by atoms with E-state index in [4.69, 9.17) is 4.74 Å². The molecule has 2 aliphatic rings. The molecule has 0 bridgehead atoms. The number of nitro groups is 1. The molecule has 1 aliphatic carbocycles. The molecule has 37 heavy (non-hydrogen) atoms. The number of amides is 1. The van der Waals surface area contributed by atoms with E-state index in [0.717, 1.165) is 23.2 Å². The average molecular weight is 508 g/mol. The number of hydrogen-bond donors (Lipinski definition) is 2. The normalized spacial score (nSPS) is 20.8. The molecule has 1 amide bonds. The summed E-state index contributed by atoms with van der Waals surface area (Å²) in [6.07, 6.45) is 8.86. The van der Waals surface area contributed by atoms with Crippen LogP contribution in [0.2, 0.25) is 0 Å². The summed E-state index contributed by atoms with van der Waals surface area (Å²) >= 11 is 0. The van der Waals surface area contributed by atoms with Gasteiger partial charge in [0.05, 0.1) is 17.6 Å². The fourth-order valence-electron chi connectivity index (χ4n) is 5.71. The lowest BCUT2D eigenvalue weighted by molar-refractivity contribution is -0.384. The molecule has 0 radical (unpaired) electrons. The lowest BCUT2D eigenvalue weighted by atomic mass is 9.84. The highest BCUT2D eigenvalue weighted by molar-refractivity contribution is 5.97. The van der Waals surface area contributed by atoms with Gasteiger partial charge in [-0.3, -0.25) is 25.0 Å². The number of hydrogen-bond acceptors (Lipinski definition) is 6. The van der Waals surface area contributed by atoms with E-state index in [1.807, 2.05) is 24.3 Å². The van der Waals surface area contributed by atoms with Crippen LogP contribution in [0.25, 0.3) is 0 Å². The first-order chi connectivity index (χ1) is 17.9. The van der Waals surface area contributed by atoms with Crippen molar-refractivity contribution in [1.29, 1.82) is 0 Å². The molecule has 0 aromatic heterocycles. The predicted octanol–water partition coefficient (Wildman–Crippen LogP) is 5.20. The van der Waals surface area contributed by atoms with Crippen molar-refractivity contribution in [2.45, 2.75) is 76.8 Å². The lowest BCUT2D eigenvalue weighted by Gasteiger charge is -2.30. The van der Waals surface area contributed by atoms with Crippen molar-refractivity contribution >= 4 is 23.3 Å². The van der Waals surface area contributed by atoms with Crippen molar-refractivity contribution in [1.82, 2.24) is 5.32 Å².